The van der Waals surface area contributed by atoms with Crippen molar-refractivity contribution in [2.75, 3.05) is 13.7 Å². The van der Waals surface area contributed by atoms with Crippen LogP contribution >= 0.6 is 0 Å². The molecule has 0 unspecified atom stereocenters. The summed E-state index contributed by atoms with van der Waals surface area (Å²) in [6.07, 6.45) is 1.30. The Morgan fingerprint density at radius 3 is 2.91 bits per heavy atom. The molecule has 0 aliphatic carbocycles. The first-order valence-electron chi connectivity index (χ1n) is 6.93. The van der Waals surface area contributed by atoms with Crippen molar-refractivity contribution in [3.8, 4) is 11.4 Å². The summed E-state index contributed by atoms with van der Waals surface area (Å²) in [7, 11) is 1.55. The first-order chi connectivity index (χ1) is 11.1. The highest BCUT2D eigenvalue weighted by molar-refractivity contribution is 5.92. The summed E-state index contributed by atoms with van der Waals surface area (Å²) in [5.41, 5.74) is 0.839. The first-order valence-corrected chi connectivity index (χ1v) is 6.93. The van der Waals surface area contributed by atoms with Crippen LogP contribution in [0.5, 0.6) is 5.75 Å². The third-order valence-electron chi connectivity index (χ3n) is 3.29. The van der Waals surface area contributed by atoms with Gasteiger partial charge in [-0.2, -0.15) is 0 Å². The first kappa shape index (κ1) is 14.8. The van der Waals surface area contributed by atoms with E-state index in [4.69, 9.17) is 9.47 Å². The van der Waals surface area contributed by atoms with Crippen molar-refractivity contribution in [3.63, 3.8) is 0 Å². The monoisotopic (exact) mass is 314 g/mol. The molecule has 3 rings (SSSR count). The average Bonchev–Trinajstić information content (AvgIpc) is 3.03. The largest absolute Gasteiger partial charge is 0.497 e. The number of hydrogen-bond acceptors (Lipinski definition) is 6. The topological polar surface area (TPSA) is 99.1 Å². The zero-order valence-electron chi connectivity index (χ0n) is 12.6. The van der Waals surface area contributed by atoms with Crippen LogP contribution in [0.4, 0.5) is 0 Å². The number of esters is 1. The normalized spacial score (nSPS) is 10.7. The molecule has 0 aliphatic rings. The predicted octanol–water partition coefficient (Wildman–Crippen LogP) is 1.29. The van der Waals surface area contributed by atoms with E-state index in [1.807, 2.05) is 0 Å². The molecule has 23 heavy (non-hydrogen) atoms. The lowest BCUT2D eigenvalue weighted by molar-refractivity contribution is 0.0516. The molecule has 0 spiro atoms. The fourth-order valence-electron chi connectivity index (χ4n) is 2.27. The molecule has 118 valence electrons. The van der Waals surface area contributed by atoms with Crippen LogP contribution in [0.2, 0.25) is 0 Å². The van der Waals surface area contributed by atoms with E-state index in [0.29, 0.717) is 22.3 Å². The van der Waals surface area contributed by atoms with Crippen molar-refractivity contribution < 1.29 is 14.3 Å². The van der Waals surface area contributed by atoms with E-state index >= 15 is 0 Å². The van der Waals surface area contributed by atoms with Gasteiger partial charge in [0.05, 0.1) is 31.1 Å². The molecule has 0 aliphatic heterocycles. The summed E-state index contributed by atoms with van der Waals surface area (Å²) in [5, 5.41) is 8.32. The lowest BCUT2D eigenvalue weighted by Gasteiger charge is -2.10. The van der Waals surface area contributed by atoms with Gasteiger partial charge in [-0.25, -0.2) is 9.48 Å². The Kier molecular flexibility index (Phi) is 3.80. The van der Waals surface area contributed by atoms with Crippen LogP contribution in [-0.2, 0) is 4.74 Å². The van der Waals surface area contributed by atoms with Gasteiger partial charge in [-0.05, 0) is 25.1 Å². The van der Waals surface area contributed by atoms with Crippen molar-refractivity contribution >= 4 is 16.9 Å². The minimum Gasteiger partial charge on any atom is -0.497 e. The Bertz CT molecular complexity index is 929. The third kappa shape index (κ3) is 2.66. The predicted molar refractivity (Wildman–Crippen MR) is 82.0 cm³/mol. The summed E-state index contributed by atoms with van der Waals surface area (Å²) in [6.45, 7) is 1.94. The van der Waals surface area contributed by atoms with Gasteiger partial charge in [-0.15, -0.1) is 5.10 Å². The molecular formula is C15H14N4O4. The van der Waals surface area contributed by atoms with Crippen molar-refractivity contribution in [1.82, 2.24) is 20.0 Å². The second kappa shape index (κ2) is 5.91. The second-order valence-corrected chi connectivity index (χ2v) is 4.68. The van der Waals surface area contributed by atoms with Crippen LogP contribution < -0.4 is 10.3 Å². The molecule has 1 N–H and O–H groups in total. The summed E-state index contributed by atoms with van der Waals surface area (Å²) >= 11 is 0. The van der Waals surface area contributed by atoms with Crippen LogP contribution in [0.25, 0.3) is 16.6 Å². The Labute approximate surface area is 130 Å². The summed E-state index contributed by atoms with van der Waals surface area (Å²) in [5.74, 6) is 0.0532. The molecule has 0 bridgehead atoms. The number of benzene rings is 1. The summed E-state index contributed by atoms with van der Waals surface area (Å²) in [4.78, 5) is 26.6. The standard InChI is InChI=1S/C15H14N4O4/c1-3-23-15(21)13-8-16-18-19(13)12-7-14(20)17-11-5-4-9(22-2)6-10(11)12/h4-8H,3H2,1-2H3,(H,17,20). The number of fused-ring (bicyclic) bond motifs is 1. The molecule has 0 saturated heterocycles. The van der Waals surface area contributed by atoms with Crippen molar-refractivity contribution in [2.45, 2.75) is 6.92 Å². The van der Waals surface area contributed by atoms with Gasteiger partial charge in [0, 0.05) is 11.5 Å². The van der Waals surface area contributed by atoms with Gasteiger partial charge in [0.25, 0.3) is 5.56 Å². The second-order valence-electron chi connectivity index (χ2n) is 4.68. The number of carbonyl (C=O) groups is 1. The SMILES string of the molecule is CCOC(=O)c1cnnn1-c1cc(=O)[nH]c2ccc(OC)cc12. The number of aromatic nitrogens is 4. The average molecular weight is 314 g/mol. The molecule has 0 atom stereocenters. The molecule has 2 heterocycles. The van der Waals surface area contributed by atoms with E-state index in [1.165, 1.54) is 16.9 Å². The van der Waals surface area contributed by atoms with Gasteiger partial charge in [-0.3, -0.25) is 4.79 Å². The van der Waals surface area contributed by atoms with E-state index in [1.54, 1.807) is 32.2 Å². The lowest BCUT2D eigenvalue weighted by Crippen LogP contribution is -2.15. The molecule has 8 nitrogen and oxygen atoms in total. The fourth-order valence-corrected chi connectivity index (χ4v) is 2.27. The zero-order valence-corrected chi connectivity index (χ0v) is 12.6. The molecule has 0 radical (unpaired) electrons. The van der Waals surface area contributed by atoms with Crippen molar-refractivity contribution in [3.05, 3.63) is 46.5 Å². The molecule has 0 saturated carbocycles. The van der Waals surface area contributed by atoms with Gasteiger partial charge in [0.2, 0.25) is 0 Å². The molecule has 1 aromatic carbocycles. The van der Waals surface area contributed by atoms with Crippen LogP contribution in [-0.4, -0.2) is 39.7 Å². The number of ether oxygens (including phenoxy) is 2. The van der Waals surface area contributed by atoms with Gasteiger partial charge in [-0.1, -0.05) is 5.21 Å². The highest BCUT2D eigenvalue weighted by Crippen LogP contribution is 2.24. The molecule has 0 amide bonds. The number of pyridine rings is 1. The van der Waals surface area contributed by atoms with Crippen LogP contribution in [0.1, 0.15) is 17.4 Å². The Balaban J connectivity index is 2.26. The number of H-pyrrole nitrogens is 1. The number of nitrogens with zero attached hydrogens (tertiary/aromatic N) is 3. The van der Waals surface area contributed by atoms with Gasteiger partial charge >= 0.3 is 5.97 Å². The quantitative estimate of drug-likeness (QED) is 0.729. The molecule has 3 aromatic rings. The van der Waals surface area contributed by atoms with Gasteiger partial charge < -0.3 is 14.5 Å². The number of aromatic amines is 1. The number of hydrogen-bond donors (Lipinski definition) is 1. The summed E-state index contributed by atoms with van der Waals surface area (Å²) in [6, 6.07) is 6.55. The molecule has 2 aromatic heterocycles. The third-order valence-corrected chi connectivity index (χ3v) is 3.29. The van der Waals surface area contributed by atoms with E-state index < -0.39 is 5.97 Å². The molecular weight excluding hydrogens is 300 g/mol. The Hall–Kier alpha value is -3.16. The fraction of sp³-hybridized carbons (Fsp3) is 0.200. The Morgan fingerprint density at radius 1 is 1.35 bits per heavy atom. The van der Waals surface area contributed by atoms with Crippen LogP contribution in [0.15, 0.2) is 35.3 Å². The minimum absolute atomic E-state index is 0.140. The Morgan fingerprint density at radius 2 is 2.17 bits per heavy atom. The van der Waals surface area contributed by atoms with E-state index in [2.05, 4.69) is 15.3 Å². The lowest BCUT2D eigenvalue weighted by atomic mass is 10.1. The zero-order chi connectivity index (χ0) is 16.4. The smallest absolute Gasteiger partial charge is 0.358 e. The maximum atomic E-state index is 12.0. The van der Waals surface area contributed by atoms with Crippen LogP contribution in [0.3, 0.4) is 0 Å². The van der Waals surface area contributed by atoms with E-state index in [9.17, 15) is 9.59 Å². The molecule has 0 fully saturated rings. The van der Waals surface area contributed by atoms with E-state index in [0.717, 1.165) is 0 Å². The minimum atomic E-state index is -0.561. The highest BCUT2D eigenvalue weighted by atomic mass is 16.5. The van der Waals surface area contributed by atoms with Crippen molar-refractivity contribution in [1.29, 1.82) is 0 Å². The maximum absolute atomic E-state index is 12.0. The van der Waals surface area contributed by atoms with Crippen LogP contribution in [0, 0.1) is 0 Å². The summed E-state index contributed by atoms with van der Waals surface area (Å²) < 4.78 is 11.5. The highest BCUT2D eigenvalue weighted by Gasteiger charge is 2.18. The number of nitrogens with one attached hydrogen (secondary N) is 1. The van der Waals surface area contributed by atoms with Gasteiger partial charge in [0.1, 0.15) is 5.75 Å². The number of rotatable bonds is 4. The van der Waals surface area contributed by atoms with E-state index in [-0.39, 0.29) is 17.9 Å². The van der Waals surface area contributed by atoms with Gasteiger partial charge in [0.15, 0.2) is 5.69 Å². The molecule has 8 heteroatoms. The van der Waals surface area contributed by atoms with Crippen molar-refractivity contribution in [2.24, 2.45) is 0 Å². The maximum Gasteiger partial charge on any atom is 0.358 e. The number of methoxy groups -OCH3 is 1. The number of carbonyl (C=O) groups excluding carboxylic acids is 1.